The van der Waals surface area contributed by atoms with E-state index in [1.54, 1.807) is 23.0 Å². The van der Waals surface area contributed by atoms with Crippen molar-refractivity contribution in [1.29, 1.82) is 0 Å². The molecule has 3 aromatic rings. The number of rotatable bonds is 3. The monoisotopic (exact) mass is 314 g/mol. The molecule has 0 saturated heterocycles. The van der Waals surface area contributed by atoms with Crippen molar-refractivity contribution in [2.75, 3.05) is 7.11 Å². The normalized spacial score (nSPS) is 10.8. The van der Waals surface area contributed by atoms with Crippen molar-refractivity contribution in [3.05, 3.63) is 62.3 Å². The van der Waals surface area contributed by atoms with Gasteiger partial charge in [0.05, 0.1) is 30.9 Å². The highest BCUT2D eigenvalue weighted by molar-refractivity contribution is 7.13. The van der Waals surface area contributed by atoms with Gasteiger partial charge in [-0.3, -0.25) is 9.36 Å². The Morgan fingerprint density at radius 1 is 1.32 bits per heavy atom. The number of aryl methyl sites for hydroxylation is 1. The number of carbonyl (C=O) groups is 1. The van der Waals surface area contributed by atoms with Crippen molar-refractivity contribution in [3.63, 3.8) is 0 Å². The van der Waals surface area contributed by atoms with Crippen LogP contribution in [0, 0.1) is 6.92 Å². The molecule has 0 saturated carbocycles. The van der Waals surface area contributed by atoms with Gasteiger partial charge in [-0.05, 0) is 30.7 Å². The van der Waals surface area contributed by atoms with E-state index in [4.69, 9.17) is 0 Å². The topological polar surface area (TPSA) is 61.2 Å². The first-order valence-corrected chi connectivity index (χ1v) is 7.53. The summed E-state index contributed by atoms with van der Waals surface area (Å²) in [4.78, 5) is 29.8. The molecule has 22 heavy (non-hydrogen) atoms. The molecule has 0 atom stereocenters. The van der Waals surface area contributed by atoms with Gasteiger partial charge in [-0.15, -0.1) is 11.3 Å². The summed E-state index contributed by atoms with van der Waals surface area (Å²) in [5.74, 6) is -0.365. The van der Waals surface area contributed by atoms with Crippen LogP contribution in [0.15, 0.2) is 41.5 Å². The lowest BCUT2D eigenvalue weighted by Gasteiger charge is -2.06. The predicted molar refractivity (Wildman–Crippen MR) is 85.5 cm³/mol. The molecule has 6 heteroatoms. The maximum absolute atomic E-state index is 12.5. The number of benzene rings is 1. The second kappa shape index (κ2) is 5.73. The summed E-state index contributed by atoms with van der Waals surface area (Å²) in [6.45, 7) is 2.32. The average Bonchev–Trinajstić information content (AvgIpc) is 2.98. The molecule has 5 nitrogen and oxygen atoms in total. The van der Waals surface area contributed by atoms with Gasteiger partial charge >= 0.3 is 5.97 Å². The minimum absolute atomic E-state index is 0.0817. The second-order valence-electron chi connectivity index (χ2n) is 4.91. The smallest absolute Gasteiger partial charge is 0.348 e. The molecule has 0 spiro atoms. The van der Waals surface area contributed by atoms with Crippen LogP contribution < -0.4 is 5.56 Å². The average molecular weight is 314 g/mol. The van der Waals surface area contributed by atoms with E-state index < -0.39 is 0 Å². The fourth-order valence-electron chi connectivity index (χ4n) is 2.29. The van der Waals surface area contributed by atoms with Crippen molar-refractivity contribution < 1.29 is 9.53 Å². The molecule has 0 amide bonds. The largest absolute Gasteiger partial charge is 0.465 e. The molecule has 1 aromatic carbocycles. The summed E-state index contributed by atoms with van der Waals surface area (Å²) in [6.07, 6.45) is 1.55. The van der Waals surface area contributed by atoms with Gasteiger partial charge in [0.15, 0.2) is 0 Å². The molecule has 3 rings (SSSR count). The summed E-state index contributed by atoms with van der Waals surface area (Å²) in [6, 6.07) is 9.09. The Labute approximate surface area is 130 Å². The predicted octanol–water partition coefficient (Wildman–Crippen LogP) is 2.60. The van der Waals surface area contributed by atoms with Crippen molar-refractivity contribution in [2.45, 2.75) is 13.5 Å². The quantitative estimate of drug-likeness (QED) is 0.697. The number of aromatic nitrogens is 2. The van der Waals surface area contributed by atoms with Crippen LogP contribution in [0.5, 0.6) is 0 Å². The van der Waals surface area contributed by atoms with Crippen molar-refractivity contribution in [3.8, 4) is 0 Å². The van der Waals surface area contributed by atoms with Gasteiger partial charge in [0.1, 0.15) is 4.88 Å². The zero-order valence-electron chi connectivity index (χ0n) is 12.2. The van der Waals surface area contributed by atoms with E-state index in [2.05, 4.69) is 9.72 Å². The van der Waals surface area contributed by atoms with Crippen LogP contribution in [-0.2, 0) is 11.3 Å². The van der Waals surface area contributed by atoms with E-state index in [0.717, 1.165) is 16.0 Å². The number of hydrogen-bond donors (Lipinski definition) is 0. The minimum Gasteiger partial charge on any atom is -0.465 e. The second-order valence-corrected chi connectivity index (χ2v) is 6.07. The summed E-state index contributed by atoms with van der Waals surface area (Å²) in [7, 11) is 1.35. The molecule has 0 unspecified atom stereocenters. The summed E-state index contributed by atoms with van der Waals surface area (Å²) >= 11 is 1.32. The van der Waals surface area contributed by atoms with Crippen molar-refractivity contribution in [1.82, 2.24) is 9.55 Å². The number of methoxy groups -OCH3 is 1. The first-order chi connectivity index (χ1) is 10.6. The molecular weight excluding hydrogens is 300 g/mol. The van der Waals surface area contributed by atoms with E-state index >= 15 is 0 Å². The molecule has 2 aromatic heterocycles. The van der Waals surface area contributed by atoms with Gasteiger partial charge in [0.25, 0.3) is 5.56 Å². The molecular formula is C16H14N2O3S. The summed E-state index contributed by atoms with van der Waals surface area (Å²) in [5, 5.41) is 0.604. The lowest BCUT2D eigenvalue weighted by atomic mass is 10.1. The lowest BCUT2D eigenvalue weighted by molar-refractivity contribution is 0.0606. The number of nitrogens with zero attached hydrogens (tertiary/aromatic N) is 2. The van der Waals surface area contributed by atoms with E-state index in [1.165, 1.54) is 18.4 Å². The number of para-hydroxylation sites is 1. The number of esters is 1. The molecule has 112 valence electrons. The van der Waals surface area contributed by atoms with E-state index in [9.17, 15) is 9.59 Å². The molecule has 0 bridgehead atoms. The maximum Gasteiger partial charge on any atom is 0.348 e. The molecule has 0 aliphatic heterocycles. The number of fused-ring (bicyclic) bond motifs is 1. The SMILES string of the molecule is COC(=O)c1ccc(Cn2cnc3c(C)cccc3c2=O)s1. The standard InChI is InChI=1S/C16H14N2O3S/c1-10-4-3-5-12-14(10)17-9-18(15(12)19)8-11-6-7-13(22-11)16(20)21-2/h3-7,9H,8H2,1-2H3. The number of carbonyl (C=O) groups excluding carboxylic acids is 1. The molecule has 0 aliphatic carbocycles. The van der Waals surface area contributed by atoms with Crippen LogP contribution in [0.4, 0.5) is 0 Å². The molecule has 0 aliphatic rings. The van der Waals surface area contributed by atoms with Gasteiger partial charge in [-0.2, -0.15) is 0 Å². The number of hydrogen-bond acceptors (Lipinski definition) is 5. The Morgan fingerprint density at radius 3 is 2.91 bits per heavy atom. The van der Waals surface area contributed by atoms with Gasteiger partial charge in [0, 0.05) is 4.88 Å². The summed E-state index contributed by atoms with van der Waals surface area (Å²) < 4.78 is 6.24. The van der Waals surface area contributed by atoms with Gasteiger partial charge in [0.2, 0.25) is 0 Å². The third kappa shape index (κ3) is 2.53. The van der Waals surface area contributed by atoms with E-state index in [1.807, 2.05) is 25.1 Å². The number of thiophene rings is 1. The third-order valence-electron chi connectivity index (χ3n) is 3.43. The zero-order valence-corrected chi connectivity index (χ0v) is 13.0. The first kappa shape index (κ1) is 14.5. The van der Waals surface area contributed by atoms with Crippen LogP contribution in [0.1, 0.15) is 20.1 Å². The highest BCUT2D eigenvalue weighted by Crippen LogP contribution is 2.18. The Kier molecular flexibility index (Phi) is 3.77. The van der Waals surface area contributed by atoms with Crippen LogP contribution in [-0.4, -0.2) is 22.6 Å². The van der Waals surface area contributed by atoms with Crippen molar-refractivity contribution >= 4 is 28.2 Å². The Hall–Kier alpha value is -2.47. The van der Waals surface area contributed by atoms with Crippen LogP contribution in [0.3, 0.4) is 0 Å². The van der Waals surface area contributed by atoms with E-state index in [0.29, 0.717) is 16.8 Å². The fraction of sp³-hybridized carbons (Fsp3) is 0.188. The Balaban J connectivity index is 1.98. The Morgan fingerprint density at radius 2 is 2.14 bits per heavy atom. The fourth-order valence-corrected chi connectivity index (χ4v) is 3.22. The molecule has 0 N–H and O–H groups in total. The lowest BCUT2D eigenvalue weighted by Crippen LogP contribution is -2.21. The first-order valence-electron chi connectivity index (χ1n) is 6.72. The Bertz CT molecular complexity index is 911. The van der Waals surface area contributed by atoms with Gasteiger partial charge in [-0.25, -0.2) is 9.78 Å². The highest BCUT2D eigenvalue weighted by atomic mass is 32.1. The van der Waals surface area contributed by atoms with Crippen LogP contribution in [0.2, 0.25) is 0 Å². The van der Waals surface area contributed by atoms with Crippen LogP contribution >= 0.6 is 11.3 Å². The summed E-state index contributed by atoms with van der Waals surface area (Å²) in [5.41, 5.74) is 1.62. The van der Waals surface area contributed by atoms with E-state index in [-0.39, 0.29) is 11.5 Å². The zero-order chi connectivity index (χ0) is 15.7. The minimum atomic E-state index is -0.365. The maximum atomic E-state index is 12.5. The van der Waals surface area contributed by atoms with Gasteiger partial charge in [-0.1, -0.05) is 12.1 Å². The molecule has 0 radical (unpaired) electrons. The third-order valence-corrected chi connectivity index (χ3v) is 4.48. The van der Waals surface area contributed by atoms with Gasteiger partial charge < -0.3 is 4.74 Å². The van der Waals surface area contributed by atoms with Crippen LogP contribution in [0.25, 0.3) is 10.9 Å². The molecule has 2 heterocycles. The molecule has 0 fully saturated rings. The highest BCUT2D eigenvalue weighted by Gasteiger charge is 2.11. The number of ether oxygens (including phenoxy) is 1. The van der Waals surface area contributed by atoms with Crippen molar-refractivity contribution in [2.24, 2.45) is 0 Å².